The smallest absolute Gasteiger partial charge is 0.407 e. The van der Waals surface area contributed by atoms with E-state index >= 15 is 0 Å². The molecule has 1 heterocycles. The molecule has 0 radical (unpaired) electrons. The molecule has 8 heteroatoms. The van der Waals surface area contributed by atoms with Gasteiger partial charge in [0.15, 0.2) is 0 Å². The molecule has 8 nitrogen and oxygen atoms in total. The van der Waals surface area contributed by atoms with Gasteiger partial charge < -0.3 is 20.5 Å². The number of carbonyl (C=O) groups excluding carboxylic acids is 2. The minimum atomic E-state index is -1.17. The van der Waals surface area contributed by atoms with Gasteiger partial charge in [-0.15, -0.1) is 11.8 Å². The third kappa shape index (κ3) is 5.31. The molecule has 3 aromatic rings. The van der Waals surface area contributed by atoms with Crippen molar-refractivity contribution in [3.05, 3.63) is 83.7 Å². The number of benzene rings is 2. The van der Waals surface area contributed by atoms with Crippen molar-refractivity contribution >= 4 is 23.7 Å². The van der Waals surface area contributed by atoms with Gasteiger partial charge in [0.05, 0.1) is 17.4 Å². The lowest BCUT2D eigenvalue weighted by Gasteiger charge is -2.18. The van der Waals surface area contributed by atoms with Gasteiger partial charge in [0.1, 0.15) is 12.6 Å². The largest absolute Gasteiger partial charge is 0.478 e. The first-order valence-electron chi connectivity index (χ1n) is 11.0. The number of hydrogen-bond donors (Lipinski definition) is 3. The molecular weight excluding hydrogens is 446 g/mol. The molecule has 1 atom stereocenters. The number of amides is 2. The lowest BCUT2D eigenvalue weighted by atomic mass is 9.98. The monoisotopic (exact) mass is 469 g/mol. The number of carbonyl (C=O) groups is 3. The molecule has 1 aliphatic carbocycles. The van der Waals surface area contributed by atoms with E-state index in [-0.39, 0.29) is 30.2 Å². The average Bonchev–Trinajstić information content (AvgIpc) is 3.19. The quantitative estimate of drug-likeness (QED) is 0.450. The van der Waals surface area contributed by atoms with Crippen LogP contribution in [0.15, 0.2) is 67.0 Å². The number of ether oxygens (including phenoxy) is 1. The molecule has 35 heavy (non-hydrogen) atoms. The van der Waals surface area contributed by atoms with Crippen molar-refractivity contribution in [2.24, 2.45) is 0 Å². The van der Waals surface area contributed by atoms with Crippen LogP contribution in [0, 0.1) is 11.8 Å². The number of anilines is 1. The summed E-state index contributed by atoms with van der Waals surface area (Å²) in [6.45, 7) is 1.74. The highest BCUT2D eigenvalue weighted by Gasteiger charge is 2.29. The number of aromatic nitrogens is 1. The first-order chi connectivity index (χ1) is 17.0. The Morgan fingerprint density at radius 3 is 2.34 bits per heavy atom. The third-order valence-electron chi connectivity index (χ3n) is 5.69. The van der Waals surface area contributed by atoms with Gasteiger partial charge in [-0.3, -0.25) is 9.78 Å². The standard InChI is InChI=1S/C27H23N3O5/c1-2-3-12-24(25(31)29-18-13-17(26(32)33)14-28-15-18)30-27(34)35-16-23-21-10-6-4-8-19(21)20-9-5-7-11-22(20)23/h4-11,13-15,23-24H,12,16H2,1H3,(H,29,31)(H,30,34)(H,32,33). The van der Waals surface area contributed by atoms with Gasteiger partial charge in [-0.25, -0.2) is 9.59 Å². The maximum atomic E-state index is 12.8. The number of alkyl carbamates (subject to hydrolysis) is 1. The average molecular weight is 469 g/mol. The molecule has 0 saturated heterocycles. The molecule has 0 spiro atoms. The number of rotatable bonds is 7. The number of fused-ring (bicyclic) bond motifs is 3. The second-order valence-electron chi connectivity index (χ2n) is 7.91. The minimum Gasteiger partial charge on any atom is -0.478 e. The van der Waals surface area contributed by atoms with Crippen LogP contribution in [-0.2, 0) is 9.53 Å². The van der Waals surface area contributed by atoms with Crippen molar-refractivity contribution in [2.45, 2.75) is 25.3 Å². The van der Waals surface area contributed by atoms with Crippen LogP contribution in [0.4, 0.5) is 10.5 Å². The Labute approximate surface area is 202 Å². The third-order valence-corrected chi connectivity index (χ3v) is 5.69. The zero-order valence-electron chi connectivity index (χ0n) is 18.9. The molecule has 0 fully saturated rings. The number of aromatic carboxylic acids is 1. The van der Waals surface area contributed by atoms with Crippen molar-refractivity contribution < 1.29 is 24.2 Å². The Kier molecular flexibility index (Phi) is 7.07. The fraction of sp³-hybridized carbons (Fsp3) is 0.185. The maximum Gasteiger partial charge on any atom is 0.407 e. The first-order valence-corrected chi connectivity index (χ1v) is 11.0. The van der Waals surface area contributed by atoms with Crippen LogP contribution < -0.4 is 10.6 Å². The summed E-state index contributed by atoms with van der Waals surface area (Å²) in [5.41, 5.74) is 4.52. The van der Waals surface area contributed by atoms with Gasteiger partial charge in [0, 0.05) is 18.5 Å². The molecule has 0 bridgehead atoms. The van der Waals surface area contributed by atoms with Crippen LogP contribution >= 0.6 is 0 Å². The summed E-state index contributed by atoms with van der Waals surface area (Å²) in [5, 5.41) is 14.3. The molecule has 1 aliphatic rings. The predicted molar refractivity (Wildman–Crippen MR) is 130 cm³/mol. The number of nitrogens with one attached hydrogen (secondary N) is 2. The Morgan fingerprint density at radius 1 is 1.06 bits per heavy atom. The highest BCUT2D eigenvalue weighted by molar-refractivity contribution is 5.97. The predicted octanol–water partition coefficient (Wildman–Crippen LogP) is 4.04. The Bertz CT molecular complexity index is 1300. The fourth-order valence-corrected chi connectivity index (χ4v) is 4.05. The molecule has 1 aromatic heterocycles. The highest BCUT2D eigenvalue weighted by Crippen LogP contribution is 2.44. The summed E-state index contributed by atoms with van der Waals surface area (Å²) >= 11 is 0. The van der Waals surface area contributed by atoms with Crippen molar-refractivity contribution in [3.63, 3.8) is 0 Å². The minimum absolute atomic E-state index is 0.0541. The van der Waals surface area contributed by atoms with Crippen LogP contribution in [0.25, 0.3) is 11.1 Å². The molecule has 176 valence electrons. The van der Waals surface area contributed by atoms with Crippen molar-refractivity contribution in [2.75, 3.05) is 11.9 Å². The van der Waals surface area contributed by atoms with Crippen LogP contribution in [-0.4, -0.2) is 40.7 Å². The van der Waals surface area contributed by atoms with Gasteiger partial charge in [0.2, 0.25) is 5.91 Å². The lowest BCUT2D eigenvalue weighted by Crippen LogP contribution is -2.44. The Morgan fingerprint density at radius 2 is 1.71 bits per heavy atom. The van der Waals surface area contributed by atoms with Crippen molar-refractivity contribution in [3.8, 4) is 23.0 Å². The van der Waals surface area contributed by atoms with Gasteiger partial charge in [-0.1, -0.05) is 48.5 Å². The molecule has 2 aromatic carbocycles. The van der Waals surface area contributed by atoms with Crippen LogP contribution in [0.3, 0.4) is 0 Å². The molecule has 4 rings (SSSR count). The molecule has 0 saturated carbocycles. The maximum absolute atomic E-state index is 12.8. The number of hydrogen-bond acceptors (Lipinski definition) is 5. The molecule has 0 aliphatic heterocycles. The van der Waals surface area contributed by atoms with E-state index in [9.17, 15) is 14.4 Å². The summed E-state index contributed by atoms with van der Waals surface area (Å²) in [6, 6.07) is 16.3. The Hall–Kier alpha value is -4.64. The fourth-order valence-electron chi connectivity index (χ4n) is 4.05. The second-order valence-corrected chi connectivity index (χ2v) is 7.91. The van der Waals surface area contributed by atoms with Gasteiger partial charge in [-0.05, 0) is 35.2 Å². The highest BCUT2D eigenvalue weighted by atomic mass is 16.5. The van der Waals surface area contributed by atoms with Crippen LogP contribution in [0.1, 0.15) is 40.7 Å². The van der Waals surface area contributed by atoms with Crippen LogP contribution in [0.5, 0.6) is 0 Å². The summed E-state index contributed by atoms with van der Waals surface area (Å²) in [5.74, 6) is 3.64. The second kappa shape index (κ2) is 10.5. The molecular formula is C27H23N3O5. The van der Waals surface area contributed by atoms with E-state index in [4.69, 9.17) is 9.84 Å². The van der Waals surface area contributed by atoms with E-state index in [1.54, 1.807) is 6.92 Å². The van der Waals surface area contributed by atoms with Crippen molar-refractivity contribution in [1.82, 2.24) is 10.3 Å². The number of nitrogens with zero attached hydrogens (tertiary/aromatic N) is 1. The summed E-state index contributed by atoms with van der Waals surface area (Å²) in [4.78, 5) is 40.4. The van der Waals surface area contributed by atoms with Crippen LogP contribution in [0.2, 0.25) is 0 Å². The van der Waals surface area contributed by atoms with Crippen molar-refractivity contribution in [1.29, 1.82) is 0 Å². The molecule has 1 unspecified atom stereocenters. The summed E-state index contributed by atoms with van der Waals surface area (Å²) in [7, 11) is 0. The topological polar surface area (TPSA) is 118 Å². The van der Waals surface area contributed by atoms with Gasteiger partial charge >= 0.3 is 12.1 Å². The number of carboxylic acids is 1. The normalized spacial score (nSPS) is 12.4. The summed E-state index contributed by atoms with van der Waals surface area (Å²) < 4.78 is 5.53. The van der Waals surface area contributed by atoms with Gasteiger partial charge in [0.25, 0.3) is 0 Å². The zero-order valence-corrected chi connectivity index (χ0v) is 18.9. The molecule has 2 amide bonds. The SMILES string of the molecule is CC#CCC(NC(=O)OCC1c2ccccc2-c2ccccc21)C(=O)Nc1cncc(C(=O)O)c1. The van der Waals surface area contributed by atoms with Gasteiger partial charge in [-0.2, -0.15) is 0 Å². The number of carboxylic acid groups (broad SMARTS) is 1. The van der Waals surface area contributed by atoms with E-state index in [0.717, 1.165) is 22.3 Å². The van der Waals surface area contributed by atoms with E-state index < -0.39 is 24.0 Å². The van der Waals surface area contributed by atoms with E-state index in [0.29, 0.717) is 0 Å². The summed E-state index contributed by atoms with van der Waals surface area (Å²) in [6.07, 6.45) is 1.80. The van der Waals surface area contributed by atoms with E-state index in [1.165, 1.54) is 18.5 Å². The van der Waals surface area contributed by atoms with E-state index in [1.807, 2.05) is 48.5 Å². The van der Waals surface area contributed by atoms with E-state index in [2.05, 4.69) is 27.5 Å². The lowest BCUT2D eigenvalue weighted by molar-refractivity contribution is -0.118. The number of pyridine rings is 1. The molecule has 3 N–H and O–H groups in total. The Balaban J connectivity index is 1.43. The first kappa shape index (κ1) is 23.5. The zero-order chi connectivity index (χ0) is 24.8.